The molecule has 1 atom stereocenters. The van der Waals surface area contributed by atoms with Gasteiger partial charge in [0.15, 0.2) is 4.90 Å². The molecule has 1 unspecified atom stereocenters. The zero-order valence-corrected chi connectivity index (χ0v) is 21.9. The molecule has 2 aromatic rings. The number of hydrogen-bond acceptors (Lipinski definition) is 0. The number of halogens is 1. The van der Waals surface area contributed by atoms with Gasteiger partial charge in [0.1, 0.15) is 11.5 Å². The highest BCUT2D eigenvalue weighted by atomic mass is 35.5. The Hall–Kier alpha value is -0.660. The molecular formula is C29H47ClS. The minimum atomic E-state index is 0. The molecule has 0 spiro atoms. The molecule has 0 N–H and O–H groups in total. The van der Waals surface area contributed by atoms with Crippen molar-refractivity contribution in [2.75, 3.05) is 11.5 Å². The molecule has 31 heavy (non-hydrogen) atoms. The Balaban J connectivity index is 0.00000480. The quantitative estimate of drug-likeness (QED) is 0.170. The summed E-state index contributed by atoms with van der Waals surface area (Å²) in [4.78, 5) is 1.62. The van der Waals surface area contributed by atoms with Crippen LogP contribution < -0.4 is 12.4 Å². The van der Waals surface area contributed by atoms with Crippen LogP contribution >= 0.6 is 0 Å². The summed E-state index contributed by atoms with van der Waals surface area (Å²) < 4.78 is 0. The molecule has 0 aromatic heterocycles. The molecule has 2 heteroatoms. The van der Waals surface area contributed by atoms with Gasteiger partial charge in [0.2, 0.25) is 0 Å². The van der Waals surface area contributed by atoms with Gasteiger partial charge in [-0.25, -0.2) is 0 Å². The van der Waals surface area contributed by atoms with Crippen LogP contribution in [-0.2, 0) is 10.9 Å². The molecular weight excluding hydrogens is 416 g/mol. The first-order valence-electron chi connectivity index (χ1n) is 13.0. The Morgan fingerprint density at radius 3 is 1.61 bits per heavy atom. The lowest BCUT2D eigenvalue weighted by Crippen LogP contribution is -3.00. The maximum Gasteiger partial charge on any atom is 0.162 e. The third-order valence-electron chi connectivity index (χ3n) is 6.26. The minimum absolute atomic E-state index is 0. The van der Waals surface area contributed by atoms with Gasteiger partial charge >= 0.3 is 0 Å². The van der Waals surface area contributed by atoms with E-state index in [0.717, 1.165) is 0 Å². The SMILES string of the molecule is CCCCCCCCCCCCCCCC[S+](CCC)c1cccc2ccccc12.[Cl-]. The summed E-state index contributed by atoms with van der Waals surface area (Å²) in [5.41, 5.74) is 0. The zero-order chi connectivity index (χ0) is 21.3. The molecule has 0 aliphatic rings. The predicted molar refractivity (Wildman–Crippen MR) is 140 cm³/mol. The van der Waals surface area contributed by atoms with Gasteiger partial charge < -0.3 is 12.4 Å². The smallest absolute Gasteiger partial charge is 0.162 e. The van der Waals surface area contributed by atoms with Gasteiger partial charge in [-0.1, -0.05) is 121 Å². The summed E-state index contributed by atoms with van der Waals surface area (Å²) in [5, 5.41) is 2.90. The average Bonchev–Trinajstić information content (AvgIpc) is 2.78. The molecule has 0 aliphatic carbocycles. The predicted octanol–water partition coefficient (Wildman–Crippen LogP) is 6.71. The Kier molecular flexibility index (Phi) is 17.3. The summed E-state index contributed by atoms with van der Waals surface area (Å²) in [6, 6.07) is 15.9. The van der Waals surface area contributed by atoms with Crippen LogP contribution in [0.4, 0.5) is 0 Å². The van der Waals surface area contributed by atoms with Gasteiger partial charge in [-0.05, 0) is 36.8 Å². The molecule has 0 amide bonds. The second kappa shape index (κ2) is 18.9. The van der Waals surface area contributed by atoms with Crippen molar-refractivity contribution in [3.05, 3.63) is 42.5 Å². The van der Waals surface area contributed by atoms with Crippen LogP contribution in [0.3, 0.4) is 0 Å². The molecule has 0 saturated heterocycles. The van der Waals surface area contributed by atoms with E-state index in [1.165, 1.54) is 119 Å². The normalized spacial score (nSPS) is 12.1. The van der Waals surface area contributed by atoms with Crippen molar-refractivity contribution in [3.8, 4) is 0 Å². The average molecular weight is 463 g/mol. The Morgan fingerprint density at radius 1 is 0.516 bits per heavy atom. The summed E-state index contributed by atoms with van der Waals surface area (Å²) in [7, 11) is 0.421. The number of unbranched alkanes of at least 4 members (excludes halogenated alkanes) is 13. The van der Waals surface area contributed by atoms with E-state index in [9.17, 15) is 0 Å². The van der Waals surface area contributed by atoms with Crippen LogP contribution in [-0.4, -0.2) is 11.5 Å². The maximum atomic E-state index is 2.39. The number of rotatable bonds is 18. The summed E-state index contributed by atoms with van der Waals surface area (Å²) in [6.45, 7) is 4.64. The second-order valence-corrected chi connectivity index (χ2v) is 11.2. The number of benzene rings is 2. The Labute approximate surface area is 202 Å². The third-order valence-corrected chi connectivity index (χ3v) is 8.92. The summed E-state index contributed by atoms with van der Waals surface area (Å²) in [6.07, 6.45) is 21.5. The largest absolute Gasteiger partial charge is 1.00 e. The van der Waals surface area contributed by atoms with Gasteiger partial charge in [-0.2, -0.15) is 0 Å². The maximum absolute atomic E-state index is 2.39. The van der Waals surface area contributed by atoms with Gasteiger partial charge in [-0.3, -0.25) is 0 Å². The molecule has 0 fully saturated rings. The molecule has 0 nitrogen and oxygen atoms in total. The van der Waals surface area contributed by atoms with Crippen molar-refractivity contribution in [1.82, 2.24) is 0 Å². The fraction of sp³-hybridized carbons (Fsp3) is 0.655. The van der Waals surface area contributed by atoms with Crippen molar-refractivity contribution < 1.29 is 12.4 Å². The van der Waals surface area contributed by atoms with E-state index >= 15 is 0 Å². The Morgan fingerprint density at radius 2 is 1.03 bits per heavy atom. The monoisotopic (exact) mass is 462 g/mol. The van der Waals surface area contributed by atoms with Crippen molar-refractivity contribution in [2.24, 2.45) is 0 Å². The van der Waals surface area contributed by atoms with Crippen molar-refractivity contribution in [3.63, 3.8) is 0 Å². The third kappa shape index (κ3) is 11.7. The zero-order valence-electron chi connectivity index (χ0n) is 20.3. The highest BCUT2D eigenvalue weighted by Crippen LogP contribution is 2.27. The van der Waals surface area contributed by atoms with Gasteiger partial charge in [0.05, 0.1) is 0 Å². The molecule has 0 radical (unpaired) electrons. The van der Waals surface area contributed by atoms with Crippen LogP contribution in [0.15, 0.2) is 47.4 Å². The van der Waals surface area contributed by atoms with Gasteiger partial charge in [0.25, 0.3) is 0 Å². The number of hydrogen-bond donors (Lipinski definition) is 0. The van der Waals surface area contributed by atoms with Crippen molar-refractivity contribution >= 4 is 21.7 Å². The van der Waals surface area contributed by atoms with Crippen LogP contribution in [0, 0.1) is 0 Å². The molecule has 0 aliphatic heterocycles. The first-order chi connectivity index (χ1) is 14.9. The van der Waals surface area contributed by atoms with Gasteiger partial charge in [0, 0.05) is 16.3 Å². The lowest BCUT2D eigenvalue weighted by Gasteiger charge is -2.10. The molecule has 2 aromatic carbocycles. The van der Waals surface area contributed by atoms with Crippen LogP contribution in [0.1, 0.15) is 110 Å². The van der Waals surface area contributed by atoms with Crippen LogP contribution in [0.25, 0.3) is 10.8 Å². The summed E-state index contributed by atoms with van der Waals surface area (Å²) >= 11 is 0. The summed E-state index contributed by atoms with van der Waals surface area (Å²) in [5.74, 6) is 2.74. The van der Waals surface area contributed by atoms with E-state index in [1.807, 2.05) is 0 Å². The van der Waals surface area contributed by atoms with E-state index in [2.05, 4.69) is 56.3 Å². The Bertz CT molecular complexity index is 663. The molecule has 0 saturated carbocycles. The molecule has 0 bridgehead atoms. The van der Waals surface area contributed by atoms with Crippen LogP contribution in [0.2, 0.25) is 0 Å². The minimum Gasteiger partial charge on any atom is -1.00 e. The lowest BCUT2D eigenvalue weighted by molar-refractivity contribution is -0.00000640. The van der Waals surface area contributed by atoms with Crippen molar-refractivity contribution in [2.45, 2.75) is 115 Å². The number of fused-ring (bicyclic) bond motifs is 1. The van der Waals surface area contributed by atoms with E-state index in [1.54, 1.807) is 4.90 Å². The fourth-order valence-electron chi connectivity index (χ4n) is 4.49. The first kappa shape index (κ1) is 28.4. The highest BCUT2D eigenvalue weighted by molar-refractivity contribution is 7.97. The highest BCUT2D eigenvalue weighted by Gasteiger charge is 2.22. The topological polar surface area (TPSA) is 0 Å². The second-order valence-electron chi connectivity index (χ2n) is 8.97. The van der Waals surface area contributed by atoms with E-state index in [0.29, 0.717) is 10.9 Å². The van der Waals surface area contributed by atoms with Crippen LogP contribution in [0.5, 0.6) is 0 Å². The molecule has 2 rings (SSSR count). The first-order valence-corrected chi connectivity index (χ1v) is 14.6. The fourth-order valence-corrected chi connectivity index (χ4v) is 6.94. The van der Waals surface area contributed by atoms with E-state index < -0.39 is 0 Å². The van der Waals surface area contributed by atoms with E-state index in [-0.39, 0.29) is 12.4 Å². The molecule has 176 valence electrons. The van der Waals surface area contributed by atoms with Crippen molar-refractivity contribution in [1.29, 1.82) is 0 Å². The standard InChI is InChI=1S/C29H47S.ClH/c1-3-5-6-7-8-9-10-11-12-13-14-15-16-19-26-30(25-4-2)29-24-20-22-27-21-17-18-23-28(27)29;/h17-18,20-24H,3-16,19,25-26H2,1-2H3;1H/q+1;/p-1. The molecule has 0 heterocycles. The van der Waals surface area contributed by atoms with E-state index in [4.69, 9.17) is 0 Å². The van der Waals surface area contributed by atoms with Gasteiger partial charge in [-0.15, -0.1) is 0 Å². The lowest BCUT2D eigenvalue weighted by atomic mass is 10.0.